The van der Waals surface area contributed by atoms with Crippen molar-refractivity contribution < 1.29 is 24.2 Å². The van der Waals surface area contributed by atoms with E-state index in [2.05, 4.69) is 5.92 Å². The zero-order chi connectivity index (χ0) is 19.1. The minimum atomic E-state index is -1.23. The minimum Gasteiger partial charge on any atom is -0.550 e. The molecule has 2 rings (SSSR count). The predicted molar refractivity (Wildman–Crippen MR) is 101 cm³/mol. The molecule has 1 heterocycles. The molecular weight excluding hydrogens is 374 g/mol. The lowest BCUT2D eigenvalue weighted by Gasteiger charge is -2.14. The van der Waals surface area contributed by atoms with Crippen LogP contribution in [0.2, 0.25) is 0 Å². The van der Waals surface area contributed by atoms with Crippen LogP contribution in [0.5, 0.6) is 11.5 Å². The molecule has 1 saturated heterocycles. The van der Waals surface area contributed by atoms with Gasteiger partial charge in [0.05, 0.1) is 11.5 Å². The highest BCUT2D eigenvalue weighted by Crippen LogP contribution is 2.34. The van der Waals surface area contributed by atoms with E-state index in [9.17, 15) is 14.7 Å². The number of carbonyl (C=O) groups is 2. The molecule has 1 aromatic carbocycles. The summed E-state index contributed by atoms with van der Waals surface area (Å²) in [6, 6.07) is 5.22. The maximum atomic E-state index is 12.4. The van der Waals surface area contributed by atoms with Crippen LogP contribution in [0.25, 0.3) is 6.08 Å². The van der Waals surface area contributed by atoms with Gasteiger partial charge in [-0.25, -0.2) is 0 Å². The molecule has 0 saturated carbocycles. The molecule has 0 N–H and O–H groups in total. The van der Waals surface area contributed by atoms with Crippen LogP contribution in [-0.4, -0.2) is 40.9 Å². The quantitative estimate of drug-likeness (QED) is 0.377. The summed E-state index contributed by atoms with van der Waals surface area (Å²) in [5.74, 6) is 1.87. The molecule has 0 aliphatic carbocycles. The molecule has 0 spiro atoms. The van der Waals surface area contributed by atoms with E-state index in [-0.39, 0.29) is 25.5 Å². The van der Waals surface area contributed by atoms with Gasteiger partial charge in [0.25, 0.3) is 5.91 Å². The minimum absolute atomic E-state index is 0.00655. The summed E-state index contributed by atoms with van der Waals surface area (Å²) in [7, 11) is 0. The van der Waals surface area contributed by atoms with E-state index in [0.29, 0.717) is 27.3 Å². The van der Waals surface area contributed by atoms with Crippen molar-refractivity contribution in [3.05, 3.63) is 28.7 Å². The molecule has 0 unspecified atom stereocenters. The number of nitrogens with zero attached hydrogens (tertiary/aromatic N) is 1. The van der Waals surface area contributed by atoms with Crippen molar-refractivity contribution in [3.63, 3.8) is 0 Å². The number of rotatable bonds is 8. The van der Waals surface area contributed by atoms with Gasteiger partial charge in [0.15, 0.2) is 11.5 Å². The number of terminal acetylenes is 1. The fourth-order valence-electron chi connectivity index (χ4n) is 2.17. The normalized spacial score (nSPS) is 15.2. The van der Waals surface area contributed by atoms with Crippen LogP contribution in [0.1, 0.15) is 18.9 Å². The van der Waals surface area contributed by atoms with E-state index < -0.39 is 5.97 Å². The third-order valence-corrected chi connectivity index (χ3v) is 4.67. The van der Waals surface area contributed by atoms with E-state index in [4.69, 9.17) is 28.1 Å². The van der Waals surface area contributed by atoms with Crippen molar-refractivity contribution in [2.45, 2.75) is 13.3 Å². The van der Waals surface area contributed by atoms with Gasteiger partial charge in [-0.3, -0.25) is 9.69 Å². The summed E-state index contributed by atoms with van der Waals surface area (Å²) in [6.45, 7) is 2.41. The van der Waals surface area contributed by atoms with Gasteiger partial charge in [0, 0.05) is 18.9 Å². The van der Waals surface area contributed by atoms with Crippen molar-refractivity contribution >= 4 is 46.3 Å². The van der Waals surface area contributed by atoms with Gasteiger partial charge in [0.2, 0.25) is 0 Å². The zero-order valence-electron chi connectivity index (χ0n) is 14.0. The Morgan fingerprint density at radius 1 is 1.42 bits per heavy atom. The fraction of sp³-hybridized carbons (Fsp3) is 0.278. The van der Waals surface area contributed by atoms with Gasteiger partial charge >= 0.3 is 0 Å². The van der Waals surface area contributed by atoms with E-state index in [1.54, 1.807) is 24.3 Å². The number of hydrogen-bond acceptors (Lipinski definition) is 7. The molecule has 0 aromatic heterocycles. The summed E-state index contributed by atoms with van der Waals surface area (Å²) < 4.78 is 11.3. The van der Waals surface area contributed by atoms with Crippen LogP contribution in [0, 0.1) is 12.3 Å². The highest BCUT2D eigenvalue weighted by Gasteiger charge is 2.31. The number of thioether (sulfide) groups is 1. The third-order valence-electron chi connectivity index (χ3n) is 3.29. The maximum absolute atomic E-state index is 12.4. The number of carbonyl (C=O) groups excluding carboxylic acids is 2. The molecule has 1 aromatic rings. The standard InChI is InChI=1S/C18H17NO5S2/c1-3-9-24-13-6-5-12(10-14(13)23-4-2)11-15-17(22)19(18(25)26-15)8-7-16(20)21/h1,5-6,10-11H,4,7-9H2,2H3,(H,20,21)/p-1/b15-11+. The number of thiocarbonyl (C=S) groups is 1. The topological polar surface area (TPSA) is 78.9 Å². The number of ether oxygens (including phenoxy) is 2. The highest BCUT2D eigenvalue weighted by molar-refractivity contribution is 8.26. The second kappa shape index (κ2) is 9.27. The number of benzene rings is 1. The van der Waals surface area contributed by atoms with Gasteiger partial charge in [0.1, 0.15) is 10.9 Å². The first-order valence-corrected chi connectivity index (χ1v) is 8.97. The Morgan fingerprint density at radius 3 is 2.85 bits per heavy atom. The van der Waals surface area contributed by atoms with Gasteiger partial charge in [-0.2, -0.15) is 0 Å². The summed E-state index contributed by atoms with van der Waals surface area (Å²) in [6.07, 6.45) is 6.60. The van der Waals surface area contributed by atoms with Crippen molar-refractivity contribution in [2.24, 2.45) is 0 Å². The smallest absolute Gasteiger partial charge is 0.266 e. The van der Waals surface area contributed by atoms with Crippen LogP contribution < -0.4 is 14.6 Å². The Hall–Kier alpha value is -2.50. The molecule has 136 valence electrons. The fourth-order valence-corrected chi connectivity index (χ4v) is 3.48. The summed E-state index contributed by atoms with van der Waals surface area (Å²) in [4.78, 5) is 24.7. The number of amides is 1. The van der Waals surface area contributed by atoms with E-state index >= 15 is 0 Å². The lowest BCUT2D eigenvalue weighted by atomic mass is 10.2. The molecule has 26 heavy (non-hydrogen) atoms. The number of carboxylic acids is 1. The summed E-state index contributed by atoms with van der Waals surface area (Å²) in [5, 5.41) is 10.6. The number of carboxylic acid groups (broad SMARTS) is 1. The molecule has 0 radical (unpaired) electrons. The molecular formula is C18H16NO5S2-. The lowest BCUT2D eigenvalue weighted by molar-refractivity contribution is -0.305. The SMILES string of the molecule is C#CCOc1ccc(/C=C2/SC(=S)N(CCC(=O)[O-])C2=O)cc1OCC. The van der Waals surface area contributed by atoms with Gasteiger partial charge in [-0.05, 0) is 30.7 Å². The molecule has 1 aliphatic rings. The molecule has 0 bridgehead atoms. The van der Waals surface area contributed by atoms with Crippen molar-refractivity contribution in [2.75, 3.05) is 19.8 Å². The van der Waals surface area contributed by atoms with Gasteiger partial charge in [-0.1, -0.05) is 36.0 Å². The first-order chi connectivity index (χ1) is 12.5. The molecule has 1 fully saturated rings. The molecule has 1 aliphatic heterocycles. The first kappa shape index (κ1) is 19.8. The Kier molecular flexibility index (Phi) is 7.06. The first-order valence-electron chi connectivity index (χ1n) is 7.74. The van der Waals surface area contributed by atoms with Crippen LogP contribution in [-0.2, 0) is 9.59 Å². The maximum Gasteiger partial charge on any atom is 0.266 e. The van der Waals surface area contributed by atoms with E-state index in [1.807, 2.05) is 6.92 Å². The second-order valence-corrected chi connectivity index (χ2v) is 6.76. The Balaban J connectivity index is 2.22. The van der Waals surface area contributed by atoms with E-state index in [1.165, 1.54) is 4.90 Å². The molecule has 6 nitrogen and oxygen atoms in total. The predicted octanol–water partition coefficient (Wildman–Crippen LogP) is 1.44. The monoisotopic (exact) mass is 390 g/mol. The molecule has 0 atom stereocenters. The van der Waals surface area contributed by atoms with Crippen molar-refractivity contribution in [1.82, 2.24) is 4.90 Å². The highest BCUT2D eigenvalue weighted by atomic mass is 32.2. The summed E-state index contributed by atoms with van der Waals surface area (Å²) in [5.41, 5.74) is 0.724. The van der Waals surface area contributed by atoms with Crippen molar-refractivity contribution in [3.8, 4) is 23.8 Å². The number of hydrogen-bond donors (Lipinski definition) is 0. The average molecular weight is 390 g/mol. The molecule has 1 amide bonds. The largest absolute Gasteiger partial charge is 0.550 e. The Labute approximate surface area is 161 Å². The summed E-state index contributed by atoms with van der Waals surface area (Å²) >= 11 is 6.27. The van der Waals surface area contributed by atoms with Gasteiger partial charge in [-0.15, -0.1) is 6.42 Å². The third kappa shape index (κ3) is 5.00. The second-order valence-electron chi connectivity index (χ2n) is 5.09. The van der Waals surface area contributed by atoms with Crippen molar-refractivity contribution in [1.29, 1.82) is 0 Å². The zero-order valence-corrected chi connectivity index (χ0v) is 15.7. The average Bonchev–Trinajstić information content (AvgIpc) is 2.86. The number of aliphatic carboxylic acids is 1. The Bertz CT molecular complexity index is 797. The van der Waals surface area contributed by atoms with Crippen LogP contribution >= 0.6 is 24.0 Å². The molecule has 8 heteroatoms. The van der Waals surface area contributed by atoms with Crippen LogP contribution in [0.3, 0.4) is 0 Å². The van der Waals surface area contributed by atoms with Gasteiger partial charge < -0.3 is 19.4 Å². The Morgan fingerprint density at radius 2 is 2.19 bits per heavy atom. The van der Waals surface area contributed by atoms with E-state index in [0.717, 1.165) is 17.3 Å². The van der Waals surface area contributed by atoms with Crippen LogP contribution in [0.4, 0.5) is 0 Å². The lowest BCUT2D eigenvalue weighted by Crippen LogP contribution is -2.33. The van der Waals surface area contributed by atoms with Crippen LogP contribution in [0.15, 0.2) is 23.1 Å².